The maximum absolute atomic E-state index is 4.59. The first-order chi connectivity index (χ1) is 10.3. The van der Waals surface area contributed by atoms with E-state index in [2.05, 4.69) is 58.2 Å². The number of benzene rings is 1. The fourth-order valence-corrected chi connectivity index (χ4v) is 3.77. The Bertz CT molecular complexity index is 552. The second-order valence-electron chi connectivity index (χ2n) is 5.56. The van der Waals surface area contributed by atoms with Gasteiger partial charge < -0.3 is 4.90 Å². The van der Waals surface area contributed by atoms with Crippen LogP contribution in [0.4, 0.5) is 0 Å². The Morgan fingerprint density at radius 1 is 1.05 bits per heavy atom. The first kappa shape index (κ1) is 14.7. The van der Waals surface area contributed by atoms with Gasteiger partial charge >= 0.3 is 0 Å². The molecule has 4 heteroatoms. The van der Waals surface area contributed by atoms with Gasteiger partial charge in [0, 0.05) is 36.3 Å². The Labute approximate surface area is 131 Å². The van der Waals surface area contributed by atoms with E-state index in [1.54, 1.807) is 0 Å². The van der Waals surface area contributed by atoms with Crippen molar-refractivity contribution in [1.82, 2.24) is 14.8 Å². The highest BCUT2D eigenvalue weighted by atomic mass is 32.1. The van der Waals surface area contributed by atoms with Gasteiger partial charge in [-0.1, -0.05) is 37.3 Å². The van der Waals surface area contributed by atoms with E-state index in [-0.39, 0.29) is 0 Å². The van der Waals surface area contributed by atoms with Gasteiger partial charge in [0.1, 0.15) is 5.01 Å². The van der Waals surface area contributed by atoms with Gasteiger partial charge in [0.25, 0.3) is 0 Å². The fourth-order valence-electron chi connectivity index (χ4n) is 2.81. The van der Waals surface area contributed by atoms with Crippen molar-refractivity contribution in [3.05, 3.63) is 41.4 Å². The Kier molecular flexibility index (Phi) is 5.01. The minimum absolute atomic E-state index is 1.04. The Morgan fingerprint density at radius 2 is 1.81 bits per heavy atom. The summed E-state index contributed by atoms with van der Waals surface area (Å²) in [5.41, 5.74) is 1.22. The topological polar surface area (TPSA) is 19.4 Å². The molecule has 0 unspecified atom stereocenters. The molecule has 2 aromatic rings. The molecule has 0 atom stereocenters. The maximum Gasteiger partial charge on any atom is 0.123 e. The smallest absolute Gasteiger partial charge is 0.123 e. The minimum atomic E-state index is 1.04. The summed E-state index contributed by atoms with van der Waals surface area (Å²) in [5.74, 6) is 0. The highest BCUT2D eigenvalue weighted by Gasteiger charge is 2.15. The Balaban J connectivity index is 1.62. The van der Waals surface area contributed by atoms with Crippen LogP contribution in [0.15, 0.2) is 36.5 Å². The molecule has 1 saturated heterocycles. The quantitative estimate of drug-likeness (QED) is 0.863. The van der Waals surface area contributed by atoms with Crippen LogP contribution >= 0.6 is 11.3 Å². The molecule has 0 saturated carbocycles. The van der Waals surface area contributed by atoms with Gasteiger partial charge in [-0.2, -0.15) is 0 Å². The fraction of sp³-hybridized carbons (Fsp3) is 0.471. The molecule has 0 bridgehead atoms. The lowest BCUT2D eigenvalue weighted by molar-refractivity contribution is 0.259. The number of hydrogen-bond acceptors (Lipinski definition) is 4. The van der Waals surface area contributed by atoms with Crippen molar-refractivity contribution in [1.29, 1.82) is 0 Å². The van der Waals surface area contributed by atoms with Crippen LogP contribution in [0.5, 0.6) is 0 Å². The van der Waals surface area contributed by atoms with Gasteiger partial charge in [-0.05, 0) is 26.1 Å². The van der Waals surface area contributed by atoms with E-state index in [4.69, 9.17) is 0 Å². The molecule has 1 fully saturated rings. The molecule has 3 nitrogen and oxygen atoms in total. The van der Waals surface area contributed by atoms with E-state index in [0.29, 0.717) is 0 Å². The molecule has 0 spiro atoms. The lowest BCUT2D eigenvalue weighted by Crippen LogP contribution is -2.30. The Morgan fingerprint density at radius 3 is 2.62 bits per heavy atom. The lowest BCUT2D eigenvalue weighted by Gasteiger charge is -2.19. The summed E-state index contributed by atoms with van der Waals surface area (Å²) >= 11 is 1.83. The molecular weight excluding hydrogens is 278 g/mol. The molecule has 1 aliphatic heterocycles. The monoisotopic (exact) mass is 301 g/mol. The van der Waals surface area contributed by atoms with E-state index >= 15 is 0 Å². The summed E-state index contributed by atoms with van der Waals surface area (Å²) in [7, 11) is 0. The summed E-state index contributed by atoms with van der Waals surface area (Å²) < 4.78 is 0. The van der Waals surface area contributed by atoms with Gasteiger partial charge in [0.05, 0.1) is 0 Å². The van der Waals surface area contributed by atoms with Crippen molar-refractivity contribution in [2.24, 2.45) is 0 Å². The van der Waals surface area contributed by atoms with Crippen LogP contribution in [0, 0.1) is 0 Å². The minimum Gasteiger partial charge on any atom is -0.302 e. The first-order valence-electron chi connectivity index (χ1n) is 7.80. The molecule has 0 aliphatic carbocycles. The van der Waals surface area contributed by atoms with Gasteiger partial charge in [-0.3, -0.25) is 4.90 Å². The zero-order valence-corrected chi connectivity index (χ0v) is 13.5. The van der Waals surface area contributed by atoms with Crippen molar-refractivity contribution < 1.29 is 0 Å². The number of likely N-dealkylation sites (N-methyl/N-ethyl adjacent to an activating group) is 1. The van der Waals surface area contributed by atoms with E-state index in [1.807, 2.05) is 11.3 Å². The average Bonchev–Trinajstić information content (AvgIpc) is 2.87. The van der Waals surface area contributed by atoms with Crippen LogP contribution in [0.1, 0.15) is 18.2 Å². The summed E-state index contributed by atoms with van der Waals surface area (Å²) in [5, 5.41) is 1.13. The van der Waals surface area contributed by atoms with Crippen molar-refractivity contribution in [2.45, 2.75) is 19.9 Å². The second kappa shape index (κ2) is 7.16. The van der Waals surface area contributed by atoms with Crippen LogP contribution in [0.3, 0.4) is 0 Å². The van der Waals surface area contributed by atoms with Crippen LogP contribution in [0.25, 0.3) is 10.6 Å². The normalized spacial score (nSPS) is 17.8. The van der Waals surface area contributed by atoms with E-state index in [9.17, 15) is 0 Å². The van der Waals surface area contributed by atoms with Crippen LogP contribution in [-0.4, -0.2) is 47.5 Å². The first-order valence-corrected chi connectivity index (χ1v) is 8.61. The van der Waals surface area contributed by atoms with Crippen molar-refractivity contribution in [3.63, 3.8) is 0 Å². The molecule has 2 heterocycles. The Hall–Kier alpha value is -1.23. The number of rotatable bonds is 4. The third kappa shape index (κ3) is 3.90. The van der Waals surface area contributed by atoms with Gasteiger partial charge in [0.15, 0.2) is 0 Å². The van der Waals surface area contributed by atoms with Gasteiger partial charge in [0.2, 0.25) is 0 Å². The highest BCUT2D eigenvalue weighted by Crippen LogP contribution is 2.25. The van der Waals surface area contributed by atoms with E-state index in [1.165, 1.54) is 49.6 Å². The van der Waals surface area contributed by atoms with Gasteiger partial charge in [-0.15, -0.1) is 11.3 Å². The zero-order chi connectivity index (χ0) is 14.5. The number of hydrogen-bond donors (Lipinski definition) is 0. The lowest BCUT2D eigenvalue weighted by atomic mass is 10.2. The molecule has 1 aromatic heterocycles. The molecule has 112 valence electrons. The molecule has 1 aromatic carbocycles. The second-order valence-corrected chi connectivity index (χ2v) is 6.68. The van der Waals surface area contributed by atoms with Crippen LogP contribution in [-0.2, 0) is 6.54 Å². The van der Waals surface area contributed by atoms with Crippen molar-refractivity contribution >= 4 is 11.3 Å². The third-order valence-electron chi connectivity index (χ3n) is 4.08. The zero-order valence-electron chi connectivity index (χ0n) is 12.7. The predicted molar refractivity (Wildman–Crippen MR) is 89.6 cm³/mol. The number of thiazole rings is 1. The summed E-state index contributed by atoms with van der Waals surface area (Å²) in [6, 6.07) is 10.5. The van der Waals surface area contributed by atoms with Crippen LogP contribution < -0.4 is 0 Å². The van der Waals surface area contributed by atoms with Crippen molar-refractivity contribution in [3.8, 4) is 10.6 Å². The summed E-state index contributed by atoms with van der Waals surface area (Å²) in [6.07, 6.45) is 3.33. The summed E-state index contributed by atoms with van der Waals surface area (Å²) in [6.45, 7) is 9.28. The molecular formula is C17H23N3S. The molecule has 0 radical (unpaired) electrons. The molecule has 1 aliphatic rings. The highest BCUT2D eigenvalue weighted by molar-refractivity contribution is 7.15. The SMILES string of the molecule is CCN1CCCN(Cc2cnc(-c3ccccc3)s2)CC1. The molecule has 0 amide bonds. The maximum atomic E-state index is 4.59. The summed E-state index contributed by atoms with van der Waals surface area (Å²) in [4.78, 5) is 11.1. The molecule has 21 heavy (non-hydrogen) atoms. The average molecular weight is 301 g/mol. The largest absolute Gasteiger partial charge is 0.302 e. The van der Waals surface area contributed by atoms with Crippen molar-refractivity contribution in [2.75, 3.05) is 32.7 Å². The molecule has 0 N–H and O–H groups in total. The van der Waals surface area contributed by atoms with Gasteiger partial charge in [-0.25, -0.2) is 4.98 Å². The van der Waals surface area contributed by atoms with E-state index in [0.717, 1.165) is 11.6 Å². The standard InChI is InChI=1S/C17H23N3S/c1-2-19-9-6-10-20(12-11-19)14-16-13-18-17(21-16)15-7-4-3-5-8-15/h3-5,7-8,13H,2,6,9-12,14H2,1H3. The van der Waals surface area contributed by atoms with E-state index < -0.39 is 0 Å². The number of aromatic nitrogens is 1. The third-order valence-corrected chi connectivity index (χ3v) is 5.11. The predicted octanol–water partition coefficient (Wildman–Crippen LogP) is 3.34. The molecule has 3 rings (SSSR count). The van der Waals surface area contributed by atoms with Crippen LogP contribution in [0.2, 0.25) is 0 Å². The number of nitrogens with zero attached hydrogens (tertiary/aromatic N) is 3.